The highest BCUT2D eigenvalue weighted by molar-refractivity contribution is 5.94. The summed E-state index contributed by atoms with van der Waals surface area (Å²) in [4.78, 5) is 15.2. The highest BCUT2D eigenvalue weighted by Gasteiger charge is 2.26. The summed E-state index contributed by atoms with van der Waals surface area (Å²) in [7, 11) is 0. The number of nitrogens with one attached hydrogen (secondary N) is 1. The van der Waals surface area contributed by atoms with Crippen LogP contribution in [0.25, 0.3) is 0 Å². The average molecular weight is 337 g/mol. The van der Waals surface area contributed by atoms with Crippen molar-refractivity contribution in [3.8, 4) is 0 Å². The van der Waals surface area contributed by atoms with Gasteiger partial charge in [0.05, 0.1) is 0 Å². The Morgan fingerprint density at radius 2 is 1.87 bits per heavy atom. The molecule has 0 bridgehead atoms. The molecule has 0 atom stereocenters. The number of hydrogen-bond acceptors (Lipinski definition) is 2. The molecule has 3 rings (SSSR count). The summed E-state index contributed by atoms with van der Waals surface area (Å²) < 4.78 is 0. The van der Waals surface area contributed by atoms with E-state index in [1.54, 1.807) is 0 Å². The van der Waals surface area contributed by atoms with E-state index >= 15 is 0 Å². The molecule has 1 fully saturated rings. The number of piperidine rings is 1. The summed E-state index contributed by atoms with van der Waals surface area (Å²) >= 11 is 0. The number of amides is 1. The maximum Gasteiger partial charge on any atom is 0.254 e. The van der Waals surface area contributed by atoms with Crippen molar-refractivity contribution in [3.63, 3.8) is 0 Å². The van der Waals surface area contributed by atoms with Crippen molar-refractivity contribution >= 4 is 18.3 Å². The number of fused-ring (bicyclic) bond motifs is 1. The van der Waals surface area contributed by atoms with Gasteiger partial charge in [-0.2, -0.15) is 0 Å². The Morgan fingerprint density at radius 3 is 2.57 bits per heavy atom. The third kappa shape index (κ3) is 4.27. The van der Waals surface area contributed by atoms with Gasteiger partial charge in [-0.15, -0.1) is 12.4 Å². The van der Waals surface area contributed by atoms with E-state index in [9.17, 15) is 4.79 Å². The molecule has 1 aromatic carbocycles. The SMILES string of the molecule is CCCN(C(=O)c1ccc2c(c1)CCCC2)C1CCNCC1.Cl. The van der Waals surface area contributed by atoms with Gasteiger partial charge in [0.15, 0.2) is 0 Å². The van der Waals surface area contributed by atoms with Crippen LogP contribution in [0.2, 0.25) is 0 Å². The summed E-state index contributed by atoms with van der Waals surface area (Å²) in [6.45, 7) is 5.10. The molecule has 128 valence electrons. The van der Waals surface area contributed by atoms with Gasteiger partial charge in [-0.25, -0.2) is 0 Å². The fraction of sp³-hybridized carbons (Fsp3) is 0.632. The standard InChI is InChI=1S/C19H28N2O.ClH/c1-2-13-21(18-9-11-20-12-10-18)19(22)17-8-7-15-5-3-4-6-16(15)14-17;/h7-8,14,18,20H,2-6,9-13H2,1H3;1H. The normalized spacial score (nSPS) is 18.0. The summed E-state index contributed by atoms with van der Waals surface area (Å²) in [5, 5.41) is 3.39. The quantitative estimate of drug-likeness (QED) is 0.911. The maximum absolute atomic E-state index is 13.0. The van der Waals surface area contributed by atoms with Gasteiger partial charge in [-0.1, -0.05) is 13.0 Å². The van der Waals surface area contributed by atoms with Crippen molar-refractivity contribution in [3.05, 3.63) is 34.9 Å². The molecule has 1 aliphatic carbocycles. The van der Waals surface area contributed by atoms with Gasteiger partial charge >= 0.3 is 0 Å². The van der Waals surface area contributed by atoms with Gasteiger partial charge in [0.2, 0.25) is 0 Å². The highest BCUT2D eigenvalue weighted by Crippen LogP contribution is 2.24. The first-order valence-electron chi connectivity index (χ1n) is 8.93. The molecule has 0 unspecified atom stereocenters. The Morgan fingerprint density at radius 1 is 1.17 bits per heavy atom. The highest BCUT2D eigenvalue weighted by atomic mass is 35.5. The molecule has 0 radical (unpaired) electrons. The second-order valence-electron chi connectivity index (χ2n) is 6.67. The van der Waals surface area contributed by atoms with E-state index in [-0.39, 0.29) is 18.3 Å². The smallest absolute Gasteiger partial charge is 0.254 e. The molecule has 3 nitrogen and oxygen atoms in total. The number of carbonyl (C=O) groups is 1. The summed E-state index contributed by atoms with van der Waals surface area (Å²) in [5.41, 5.74) is 3.75. The van der Waals surface area contributed by atoms with Crippen molar-refractivity contribution < 1.29 is 4.79 Å². The third-order valence-electron chi connectivity index (χ3n) is 5.07. The first kappa shape index (κ1) is 18.3. The zero-order valence-electron chi connectivity index (χ0n) is 14.1. The zero-order chi connectivity index (χ0) is 15.4. The summed E-state index contributed by atoms with van der Waals surface area (Å²) in [6.07, 6.45) is 8.05. The minimum absolute atomic E-state index is 0. The van der Waals surface area contributed by atoms with Gasteiger partial charge in [-0.05, 0) is 81.3 Å². The third-order valence-corrected chi connectivity index (χ3v) is 5.07. The van der Waals surface area contributed by atoms with Crippen LogP contribution < -0.4 is 5.32 Å². The zero-order valence-corrected chi connectivity index (χ0v) is 15.0. The molecule has 0 spiro atoms. The van der Waals surface area contributed by atoms with Crippen molar-refractivity contribution in [1.82, 2.24) is 10.2 Å². The molecule has 1 N–H and O–H groups in total. The van der Waals surface area contributed by atoms with Crippen LogP contribution in [0, 0.1) is 0 Å². The van der Waals surface area contributed by atoms with Crippen molar-refractivity contribution in [2.75, 3.05) is 19.6 Å². The number of carbonyl (C=O) groups excluding carboxylic acids is 1. The van der Waals surface area contributed by atoms with Crippen LogP contribution >= 0.6 is 12.4 Å². The lowest BCUT2D eigenvalue weighted by molar-refractivity contribution is 0.0642. The fourth-order valence-electron chi connectivity index (χ4n) is 3.84. The molecule has 0 aromatic heterocycles. The van der Waals surface area contributed by atoms with Crippen LogP contribution in [0.3, 0.4) is 0 Å². The van der Waals surface area contributed by atoms with Crippen LogP contribution in [-0.2, 0) is 12.8 Å². The van der Waals surface area contributed by atoms with E-state index in [4.69, 9.17) is 0 Å². The number of benzene rings is 1. The molecule has 2 aliphatic rings. The number of hydrogen-bond donors (Lipinski definition) is 1. The lowest BCUT2D eigenvalue weighted by Gasteiger charge is -2.35. The predicted octanol–water partition coefficient (Wildman–Crippen LogP) is 3.59. The molecule has 0 saturated carbocycles. The molecule has 1 aromatic rings. The summed E-state index contributed by atoms with van der Waals surface area (Å²) in [6, 6.07) is 6.81. The minimum Gasteiger partial charge on any atom is -0.336 e. The first-order chi connectivity index (χ1) is 10.8. The molecule has 1 saturated heterocycles. The Bertz CT molecular complexity index is 526. The molecule has 23 heavy (non-hydrogen) atoms. The van der Waals surface area contributed by atoms with Gasteiger partial charge in [-0.3, -0.25) is 4.79 Å². The Kier molecular flexibility index (Phi) is 6.91. The van der Waals surface area contributed by atoms with E-state index in [0.29, 0.717) is 6.04 Å². The Hall–Kier alpha value is -1.06. The summed E-state index contributed by atoms with van der Waals surface area (Å²) in [5.74, 6) is 0.238. The Balaban J connectivity index is 0.00000192. The maximum atomic E-state index is 13.0. The fourth-order valence-corrected chi connectivity index (χ4v) is 3.84. The number of aryl methyl sites for hydroxylation is 2. The van der Waals surface area contributed by atoms with E-state index in [2.05, 4.69) is 35.3 Å². The van der Waals surface area contributed by atoms with Gasteiger partial charge in [0.1, 0.15) is 0 Å². The molecular formula is C19H29ClN2O. The van der Waals surface area contributed by atoms with Gasteiger partial charge < -0.3 is 10.2 Å². The van der Waals surface area contributed by atoms with Crippen LogP contribution in [0.4, 0.5) is 0 Å². The predicted molar refractivity (Wildman–Crippen MR) is 97.6 cm³/mol. The number of rotatable bonds is 4. The second kappa shape index (κ2) is 8.70. The van der Waals surface area contributed by atoms with Crippen LogP contribution in [-0.4, -0.2) is 36.5 Å². The lowest BCUT2D eigenvalue weighted by Crippen LogP contribution is -2.46. The number of nitrogens with zero attached hydrogens (tertiary/aromatic N) is 1. The van der Waals surface area contributed by atoms with Gasteiger partial charge in [0, 0.05) is 18.2 Å². The van der Waals surface area contributed by atoms with E-state index in [0.717, 1.165) is 50.9 Å². The van der Waals surface area contributed by atoms with Crippen LogP contribution in [0.1, 0.15) is 60.5 Å². The largest absolute Gasteiger partial charge is 0.336 e. The van der Waals surface area contributed by atoms with E-state index in [1.807, 2.05) is 0 Å². The van der Waals surface area contributed by atoms with E-state index < -0.39 is 0 Å². The molecule has 1 heterocycles. The molecular weight excluding hydrogens is 308 g/mol. The van der Waals surface area contributed by atoms with Crippen molar-refractivity contribution in [2.24, 2.45) is 0 Å². The lowest BCUT2D eigenvalue weighted by atomic mass is 9.90. The van der Waals surface area contributed by atoms with Crippen molar-refractivity contribution in [2.45, 2.75) is 57.9 Å². The minimum atomic E-state index is 0. The van der Waals surface area contributed by atoms with Crippen molar-refractivity contribution in [1.29, 1.82) is 0 Å². The van der Waals surface area contributed by atoms with Crippen LogP contribution in [0.5, 0.6) is 0 Å². The molecule has 1 aliphatic heterocycles. The first-order valence-corrected chi connectivity index (χ1v) is 8.93. The average Bonchev–Trinajstić information content (AvgIpc) is 2.59. The molecule has 1 amide bonds. The Labute approximate surface area is 146 Å². The second-order valence-corrected chi connectivity index (χ2v) is 6.67. The topological polar surface area (TPSA) is 32.3 Å². The van der Waals surface area contributed by atoms with E-state index in [1.165, 1.54) is 30.4 Å². The monoisotopic (exact) mass is 336 g/mol. The van der Waals surface area contributed by atoms with Crippen LogP contribution in [0.15, 0.2) is 18.2 Å². The number of halogens is 1. The van der Waals surface area contributed by atoms with Gasteiger partial charge in [0.25, 0.3) is 5.91 Å². The molecule has 4 heteroatoms.